The summed E-state index contributed by atoms with van der Waals surface area (Å²) in [5, 5.41) is 9.89. The van der Waals surface area contributed by atoms with Crippen molar-refractivity contribution in [1.82, 2.24) is 4.90 Å². The molecule has 3 aliphatic heterocycles. The fourth-order valence-electron chi connectivity index (χ4n) is 8.50. The standard InChI is InChI=1S/C42H59N3O6Si/c1-30(2)15-14-16-31(3)22-24-45-36-21-20-34(44-23-13-8-7-12-19-38(44)47)27-35(36)42(41(45)49)32(4)40(52(5,6)50)37(51-42)28-39(48)43(25-26-46)29-33-17-10-9-11-18-33/h9-11,15,17-18,20-22,27,32,37,40,46,50H,7-8,12-14,16,19,23-26,28-29H2,1-6H3/b31-22+/t32-,37+,40-,42+/m1/s1. The summed E-state index contributed by atoms with van der Waals surface area (Å²) in [7, 11) is -3.04. The second kappa shape index (κ2) is 17.1. The van der Waals surface area contributed by atoms with Crippen LogP contribution < -0.4 is 9.80 Å². The average molecular weight is 730 g/mol. The molecule has 3 amide bonds. The molecule has 0 radical (unpaired) electrons. The maximum atomic E-state index is 15.0. The van der Waals surface area contributed by atoms with Crippen molar-refractivity contribution in [2.45, 2.75) is 116 Å². The van der Waals surface area contributed by atoms with E-state index in [9.17, 15) is 19.5 Å². The first-order valence-electron chi connectivity index (χ1n) is 19.2. The Morgan fingerprint density at radius 1 is 1.04 bits per heavy atom. The minimum atomic E-state index is -3.04. The molecule has 52 heavy (non-hydrogen) atoms. The van der Waals surface area contributed by atoms with Gasteiger partial charge in [0, 0.05) is 55.3 Å². The van der Waals surface area contributed by atoms with E-state index in [0.717, 1.165) is 55.5 Å². The minimum absolute atomic E-state index is 0.0309. The molecule has 282 valence electrons. The third-order valence-corrected chi connectivity index (χ3v) is 13.6. The van der Waals surface area contributed by atoms with E-state index in [4.69, 9.17) is 4.74 Å². The first kappa shape index (κ1) is 39.6. The normalized spacial score (nSPS) is 23.8. The van der Waals surface area contributed by atoms with Crippen molar-refractivity contribution in [1.29, 1.82) is 0 Å². The number of hydrogen-bond donors (Lipinski definition) is 2. The molecule has 2 saturated heterocycles. The molecule has 2 aromatic rings. The Morgan fingerprint density at radius 3 is 2.46 bits per heavy atom. The maximum absolute atomic E-state index is 15.0. The first-order valence-corrected chi connectivity index (χ1v) is 22.2. The van der Waals surface area contributed by atoms with Gasteiger partial charge in [-0.15, -0.1) is 0 Å². The summed E-state index contributed by atoms with van der Waals surface area (Å²) in [5.41, 5.74) is 3.71. The molecule has 0 aliphatic carbocycles. The van der Waals surface area contributed by atoms with Crippen LogP contribution in [-0.4, -0.2) is 73.2 Å². The number of allylic oxidation sites excluding steroid dienone is 3. The van der Waals surface area contributed by atoms with E-state index in [-0.39, 0.29) is 37.3 Å². The highest BCUT2D eigenvalue weighted by atomic mass is 28.4. The average Bonchev–Trinajstić information content (AvgIpc) is 3.51. The van der Waals surface area contributed by atoms with Gasteiger partial charge in [0.2, 0.25) is 11.8 Å². The Bertz CT molecular complexity index is 1650. The van der Waals surface area contributed by atoms with Crippen LogP contribution in [0.2, 0.25) is 18.6 Å². The van der Waals surface area contributed by atoms with E-state index in [1.165, 1.54) is 11.1 Å². The van der Waals surface area contributed by atoms with Gasteiger partial charge in [0.25, 0.3) is 5.91 Å². The summed E-state index contributed by atoms with van der Waals surface area (Å²) in [4.78, 5) is 59.6. The number of fused-ring (bicyclic) bond motifs is 2. The molecular formula is C42H59N3O6Si. The summed E-state index contributed by atoms with van der Waals surface area (Å²) in [5.74, 6) is -0.769. The lowest BCUT2D eigenvalue weighted by Crippen LogP contribution is -2.46. The molecule has 1 spiro atoms. The highest BCUT2D eigenvalue weighted by Crippen LogP contribution is 2.60. The van der Waals surface area contributed by atoms with E-state index >= 15 is 4.79 Å². The summed E-state index contributed by atoms with van der Waals surface area (Å²) in [6.07, 6.45) is 9.75. The largest absolute Gasteiger partial charge is 0.432 e. The highest BCUT2D eigenvalue weighted by Gasteiger charge is 2.66. The Balaban J connectivity index is 1.54. The number of aliphatic hydroxyl groups excluding tert-OH is 1. The van der Waals surface area contributed by atoms with Crippen LogP contribution in [0.4, 0.5) is 11.4 Å². The molecule has 0 bridgehead atoms. The smallest absolute Gasteiger partial charge is 0.264 e. The predicted molar refractivity (Wildman–Crippen MR) is 209 cm³/mol. The quantitative estimate of drug-likeness (QED) is 0.166. The fraction of sp³-hybridized carbons (Fsp3) is 0.548. The van der Waals surface area contributed by atoms with Crippen LogP contribution in [0.3, 0.4) is 0 Å². The van der Waals surface area contributed by atoms with Crippen LogP contribution in [0, 0.1) is 5.92 Å². The molecule has 3 heterocycles. The van der Waals surface area contributed by atoms with Crippen LogP contribution in [0.5, 0.6) is 0 Å². The number of nitrogens with zero attached hydrogens (tertiary/aromatic N) is 3. The molecule has 2 N–H and O–H groups in total. The van der Waals surface area contributed by atoms with Crippen molar-refractivity contribution in [2.24, 2.45) is 5.92 Å². The summed E-state index contributed by atoms with van der Waals surface area (Å²) in [6, 6.07) is 15.5. The van der Waals surface area contributed by atoms with Crippen LogP contribution in [0.1, 0.15) is 90.2 Å². The fourth-order valence-corrected chi connectivity index (χ4v) is 11.1. The molecule has 9 nitrogen and oxygen atoms in total. The van der Waals surface area contributed by atoms with Crippen LogP contribution >= 0.6 is 0 Å². The summed E-state index contributed by atoms with van der Waals surface area (Å²) in [6.45, 7) is 13.3. The van der Waals surface area contributed by atoms with Gasteiger partial charge in [0.15, 0.2) is 13.9 Å². The lowest BCUT2D eigenvalue weighted by atomic mass is 9.82. The molecule has 0 saturated carbocycles. The van der Waals surface area contributed by atoms with Crippen LogP contribution in [0.25, 0.3) is 0 Å². The summed E-state index contributed by atoms with van der Waals surface area (Å²) < 4.78 is 7.03. The van der Waals surface area contributed by atoms with Crippen molar-refractivity contribution < 1.29 is 29.0 Å². The minimum Gasteiger partial charge on any atom is -0.432 e. The van der Waals surface area contributed by atoms with Crippen LogP contribution in [-0.2, 0) is 31.3 Å². The molecule has 2 aromatic carbocycles. The van der Waals surface area contributed by atoms with Crippen molar-refractivity contribution in [3.63, 3.8) is 0 Å². The lowest BCUT2D eigenvalue weighted by Gasteiger charge is -2.33. The van der Waals surface area contributed by atoms with Gasteiger partial charge in [-0.05, 0) is 83.3 Å². The number of rotatable bonds is 13. The topological polar surface area (TPSA) is 111 Å². The van der Waals surface area contributed by atoms with Crippen molar-refractivity contribution in [2.75, 3.05) is 36.0 Å². The summed E-state index contributed by atoms with van der Waals surface area (Å²) >= 11 is 0. The highest BCUT2D eigenvalue weighted by molar-refractivity contribution is 6.71. The van der Waals surface area contributed by atoms with E-state index in [1.807, 2.05) is 73.4 Å². The van der Waals surface area contributed by atoms with Gasteiger partial charge in [-0.2, -0.15) is 0 Å². The zero-order chi connectivity index (χ0) is 37.6. The number of carbonyl (C=O) groups is 3. The van der Waals surface area contributed by atoms with Crippen molar-refractivity contribution in [3.05, 3.63) is 83.0 Å². The Kier molecular flexibility index (Phi) is 13.0. The molecule has 0 unspecified atom stereocenters. The maximum Gasteiger partial charge on any atom is 0.264 e. The molecule has 4 atom stereocenters. The molecular weight excluding hydrogens is 671 g/mol. The van der Waals surface area contributed by atoms with Gasteiger partial charge in [-0.1, -0.05) is 73.4 Å². The van der Waals surface area contributed by atoms with E-state index in [2.05, 4.69) is 32.9 Å². The SMILES string of the molecule is CC(C)=CCC/C(C)=C/CN1C(=O)[C@@]2(O[C@@H](CC(=O)N(CCO)Cc3ccccc3)[C@H]([Si](C)(C)O)[C@H]2C)c2cc(N3CCCCCCC3=O)ccc21. The lowest BCUT2D eigenvalue weighted by molar-refractivity contribution is -0.149. The van der Waals surface area contributed by atoms with Gasteiger partial charge in [-0.25, -0.2) is 0 Å². The molecule has 0 aromatic heterocycles. The van der Waals surface area contributed by atoms with Gasteiger partial charge < -0.3 is 29.3 Å². The molecule has 2 fully saturated rings. The number of benzene rings is 2. The number of hydrogen-bond acceptors (Lipinski definition) is 6. The number of ether oxygens (including phenoxy) is 1. The molecule has 10 heteroatoms. The Labute approximate surface area is 311 Å². The predicted octanol–water partition coefficient (Wildman–Crippen LogP) is 7.23. The first-order chi connectivity index (χ1) is 24.8. The second-order valence-electron chi connectivity index (χ2n) is 15.8. The number of amides is 3. The van der Waals surface area contributed by atoms with E-state index < -0.39 is 31.5 Å². The zero-order valence-electron chi connectivity index (χ0n) is 32.1. The monoisotopic (exact) mass is 729 g/mol. The number of anilines is 2. The number of carbonyl (C=O) groups excluding carboxylic acids is 3. The van der Waals surface area contributed by atoms with Crippen molar-refractivity contribution >= 4 is 37.4 Å². The molecule has 3 aliphatic rings. The van der Waals surface area contributed by atoms with Crippen molar-refractivity contribution in [3.8, 4) is 0 Å². The van der Waals surface area contributed by atoms with E-state index in [1.54, 1.807) is 9.80 Å². The van der Waals surface area contributed by atoms with E-state index in [0.29, 0.717) is 31.6 Å². The Morgan fingerprint density at radius 2 is 1.77 bits per heavy atom. The second-order valence-corrected chi connectivity index (χ2v) is 19.8. The van der Waals surface area contributed by atoms with Gasteiger partial charge in [0.1, 0.15) is 0 Å². The van der Waals surface area contributed by atoms with Gasteiger partial charge >= 0.3 is 0 Å². The third kappa shape index (κ3) is 8.62. The van der Waals surface area contributed by atoms with Crippen LogP contribution in [0.15, 0.2) is 71.8 Å². The number of aliphatic hydroxyl groups is 1. The van der Waals surface area contributed by atoms with Gasteiger partial charge in [0.05, 0.1) is 24.8 Å². The zero-order valence-corrected chi connectivity index (χ0v) is 33.1. The third-order valence-electron chi connectivity index (χ3n) is 11.1. The molecule has 5 rings (SSSR count). The van der Waals surface area contributed by atoms with Gasteiger partial charge in [-0.3, -0.25) is 14.4 Å². The Hall–Kier alpha value is -3.57.